The molecule has 2 amide bonds. The van der Waals surface area contributed by atoms with Crippen LogP contribution in [-0.4, -0.2) is 70.9 Å². The molecule has 40 heavy (non-hydrogen) atoms. The number of amides is 2. The van der Waals surface area contributed by atoms with Crippen LogP contribution in [0.25, 0.3) is 11.0 Å². The van der Waals surface area contributed by atoms with Gasteiger partial charge in [0.05, 0.1) is 11.0 Å². The minimum absolute atomic E-state index is 0.0738. The van der Waals surface area contributed by atoms with E-state index in [-0.39, 0.29) is 11.8 Å². The van der Waals surface area contributed by atoms with Crippen molar-refractivity contribution in [3.05, 3.63) is 53.6 Å². The number of imidazole rings is 1. The second-order valence-electron chi connectivity index (χ2n) is 11.8. The second-order valence-corrected chi connectivity index (χ2v) is 11.8. The van der Waals surface area contributed by atoms with Crippen molar-refractivity contribution >= 4 is 34.5 Å². The molecule has 2 N–H and O–H groups in total. The summed E-state index contributed by atoms with van der Waals surface area (Å²) in [6.45, 7) is 14.3. The van der Waals surface area contributed by atoms with Gasteiger partial charge in [0.15, 0.2) is 0 Å². The zero-order chi connectivity index (χ0) is 28.6. The van der Waals surface area contributed by atoms with E-state index in [1.165, 1.54) is 32.4 Å². The molecule has 1 aliphatic rings. The van der Waals surface area contributed by atoms with Crippen molar-refractivity contribution < 1.29 is 9.59 Å². The first-order valence-corrected chi connectivity index (χ1v) is 14.9. The first-order chi connectivity index (χ1) is 19.2. The van der Waals surface area contributed by atoms with Crippen LogP contribution >= 0.6 is 0 Å². The molecule has 4 rings (SSSR count). The van der Waals surface area contributed by atoms with E-state index in [9.17, 15) is 9.59 Å². The van der Waals surface area contributed by atoms with Gasteiger partial charge >= 0.3 is 0 Å². The lowest BCUT2D eigenvalue weighted by Crippen LogP contribution is -2.37. The molecule has 0 saturated carbocycles. The number of carbonyl (C=O) groups is 2. The van der Waals surface area contributed by atoms with E-state index in [0.29, 0.717) is 23.0 Å². The zero-order valence-corrected chi connectivity index (χ0v) is 24.9. The van der Waals surface area contributed by atoms with Gasteiger partial charge < -0.3 is 25.0 Å². The molecule has 2 heterocycles. The third kappa shape index (κ3) is 7.62. The summed E-state index contributed by atoms with van der Waals surface area (Å²) in [5, 5.41) is 6.13. The average Bonchev–Trinajstić information content (AvgIpc) is 3.28. The summed E-state index contributed by atoms with van der Waals surface area (Å²) in [6, 6.07) is 13.3. The van der Waals surface area contributed by atoms with E-state index in [1.807, 2.05) is 35.2 Å². The lowest BCUT2D eigenvalue weighted by Gasteiger charge is -2.27. The quantitative estimate of drug-likeness (QED) is 0.301. The van der Waals surface area contributed by atoms with Gasteiger partial charge in [0, 0.05) is 43.5 Å². The van der Waals surface area contributed by atoms with Gasteiger partial charge in [-0.1, -0.05) is 34.1 Å². The minimum atomic E-state index is -0.113. The predicted octanol–water partition coefficient (Wildman–Crippen LogP) is 5.77. The predicted molar refractivity (Wildman–Crippen MR) is 163 cm³/mol. The summed E-state index contributed by atoms with van der Waals surface area (Å²) in [5.41, 5.74) is 3.99. The summed E-state index contributed by atoms with van der Waals surface area (Å²) in [6.07, 6.45) is 4.89. The first kappa shape index (κ1) is 29.6. The number of carbonyl (C=O) groups excluding carboxylic acids is 2. The van der Waals surface area contributed by atoms with E-state index in [4.69, 9.17) is 4.98 Å². The summed E-state index contributed by atoms with van der Waals surface area (Å²) in [4.78, 5) is 35.1. The van der Waals surface area contributed by atoms with Gasteiger partial charge in [-0.2, -0.15) is 0 Å². The molecule has 3 aromatic rings. The number of piperidine rings is 1. The molecule has 0 unspecified atom stereocenters. The SMILES string of the molecule is CNC(=O)c1ccc(Nc2nc3ccc(C(=O)N(CC(C)C)CC(C)C)cc3n2CCCN2CCCCC2)cc1. The number of hydrogen-bond donors (Lipinski definition) is 2. The third-order valence-electron chi connectivity index (χ3n) is 7.39. The molecule has 1 aliphatic heterocycles. The molecule has 0 bridgehead atoms. The van der Waals surface area contributed by atoms with E-state index in [0.717, 1.165) is 55.3 Å². The molecule has 1 saturated heterocycles. The molecule has 8 nitrogen and oxygen atoms in total. The molecule has 2 aromatic carbocycles. The Labute approximate surface area is 239 Å². The number of fused-ring (bicyclic) bond motifs is 1. The van der Waals surface area contributed by atoms with Gasteiger partial charge in [-0.25, -0.2) is 4.98 Å². The monoisotopic (exact) mass is 546 g/mol. The third-order valence-corrected chi connectivity index (χ3v) is 7.39. The highest BCUT2D eigenvalue weighted by Crippen LogP contribution is 2.26. The van der Waals surface area contributed by atoms with Crippen molar-refractivity contribution in [1.29, 1.82) is 0 Å². The highest BCUT2D eigenvalue weighted by Gasteiger charge is 2.21. The van der Waals surface area contributed by atoms with E-state index >= 15 is 0 Å². The van der Waals surface area contributed by atoms with Crippen molar-refractivity contribution in [1.82, 2.24) is 24.7 Å². The number of likely N-dealkylation sites (tertiary alicyclic amines) is 1. The Bertz CT molecular complexity index is 1260. The van der Waals surface area contributed by atoms with Gasteiger partial charge in [-0.3, -0.25) is 9.59 Å². The molecule has 0 spiro atoms. The molecule has 0 atom stereocenters. The van der Waals surface area contributed by atoms with Gasteiger partial charge in [0.1, 0.15) is 0 Å². The maximum absolute atomic E-state index is 13.6. The van der Waals surface area contributed by atoms with Crippen LogP contribution in [0, 0.1) is 11.8 Å². The number of nitrogens with one attached hydrogen (secondary N) is 2. The number of nitrogens with zero attached hydrogens (tertiary/aromatic N) is 4. The zero-order valence-electron chi connectivity index (χ0n) is 24.9. The molecular weight excluding hydrogens is 500 g/mol. The Hall–Kier alpha value is -3.39. The van der Waals surface area contributed by atoms with Crippen LogP contribution in [0.2, 0.25) is 0 Å². The molecule has 1 aromatic heterocycles. The maximum Gasteiger partial charge on any atom is 0.253 e. The van der Waals surface area contributed by atoms with Crippen molar-refractivity contribution in [3.63, 3.8) is 0 Å². The van der Waals surface area contributed by atoms with Crippen LogP contribution in [0.5, 0.6) is 0 Å². The Kier molecular flexibility index (Phi) is 10.2. The number of aromatic nitrogens is 2. The molecule has 0 radical (unpaired) electrons. The minimum Gasteiger partial charge on any atom is -0.355 e. The largest absolute Gasteiger partial charge is 0.355 e. The lowest BCUT2D eigenvalue weighted by molar-refractivity contribution is 0.0715. The Morgan fingerprint density at radius 3 is 2.17 bits per heavy atom. The van der Waals surface area contributed by atoms with Crippen molar-refractivity contribution in [2.24, 2.45) is 11.8 Å². The fraction of sp³-hybridized carbons (Fsp3) is 0.531. The van der Waals surface area contributed by atoms with Crippen molar-refractivity contribution in [3.8, 4) is 0 Å². The van der Waals surface area contributed by atoms with Crippen LogP contribution in [-0.2, 0) is 6.54 Å². The molecule has 0 aliphatic carbocycles. The summed E-state index contributed by atoms with van der Waals surface area (Å²) < 4.78 is 2.21. The maximum atomic E-state index is 13.6. The number of benzene rings is 2. The topological polar surface area (TPSA) is 82.5 Å². The molecular formula is C32H46N6O2. The second kappa shape index (κ2) is 13.8. The van der Waals surface area contributed by atoms with Gasteiger partial charge in [-0.15, -0.1) is 0 Å². The van der Waals surface area contributed by atoms with Crippen LogP contribution in [0.4, 0.5) is 11.6 Å². The van der Waals surface area contributed by atoms with Gasteiger partial charge in [-0.05, 0) is 93.2 Å². The standard InChI is InChI=1S/C32H46N6O2/c1-23(2)21-37(22-24(3)4)31(40)26-12-15-28-29(20-26)38(19-9-18-36-16-7-6-8-17-36)32(35-28)34-27-13-10-25(11-14-27)30(39)33-5/h10-15,20,23-24H,6-9,16-19,21-22H2,1-5H3,(H,33,39)(H,34,35). The highest BCUT2D eigenvalue weighted by atomic mass is 16.2. The van der Waals surface area contributed by atoms with E-state index in [1.54, 1.807) is 19.2 Å². The summed E-state index contributed by atoms with van der Waals surface area (Å²) >= 11 is 0. The van der Waals surface area contributed by atoms with Crippen LogP contribution < -0.4 is 10.6 Å². The average molecular weight is 547 g/mol. The van der Waals surface area contributed by atoms with Crippen molar-refractivity contribution in [2.75, 3.05) is 45.1 Å². The Morgan fingerprint density at radius 2 is 1.55 bits per heavy atom. The van der Waals surface area contributed by atoms with Crippen LogP contribution in [0.15, 0.2) is 42.5 Å². The smallest absolute Gasteiger partial charge is 0.253 e. The fourth-order valence-electron chi connectivity index (χ4n) is 5.50. The molecule has 216 valence electrons. The van der Waals surface area contributed by atoms with Crippen LogP contribution in [0.1, 0.15) is 74.1 Å². The Balaban J connectivity index is 1.63. The van der Waals surface area contributed by atoms with E-state index < -0.39 is 0 Å². The summed E-state index contributed by atoms with van der Waals surface area (Å²) in [7, 11) is 1.63. The van der Waals surface area contributed by atoms with Gasteiger partial charge in [0.2, 0.25) is 5.95 Å². The first-order valence-electron chi connectivity index (χ1n) is 14.9. The van der Waals surface area contributed by atoms with Gasteiger partial charge in [0.25, 0.3) is 11.8 Å². The molecule has 8 heteroatoms. The van der Waals surface area contributed by atoms with Crippen molar-refractivity contribution in [2.45, 2.75) is 59.9 Å². The fourth-order valence-corrected chi connectivity index (χ4v) is 5.50. The Morgan fingerprint density at radius 1 is 0.900 bits per heavy atom. The summed E-state index contributed by atoms with van der Waals surface area (Å²) in [5.74, 6) is 1.50. The highest BCUT2D eigenvalue weighted by molar-refractivity contribution is 5.98. The number of aryl methyl sites for hydroxylation is 1. The van der Waals surface area contributed by atoms with Crippen LogP contribution in [0.3, 0.4) is 0 Å². The lowest BCUT2D eigenvalue weighted by atomic mass is 10.1. The normalized spacial score (nSPS) is 14.2. The number of anilines is 2. The number of hydrogen-bond acceptors (Lipinski definition) is 5. The number of rotatable bonds is 12. The molecule has 1 fully saturated rings. The van der Waals surface area contributed by atoms with E-state index in [2.05, 4.69) is 47.8 Å².